The molecule has 2 aromatic carbocycles. The Hall–Kier alpha value is -3.35. The standard InChI is InChI=1S/C20H21N5O2/c1-13-17(19(26)24-15-10-6-7-11-16(15)27-2)18(14-8-4-3-5-9-14)25-20(23-13)21-12-22-25/h3-13,17-18H,1-2H3,(H,24,26)(H,21,22,23)/t13-,17+,18-/m0/s1. The van der Waals surface area contributed by atoms with Crippen LogP contribution in [0.1, 0.15) is 18.5 Å². The lowest BCUT2D eigenvalue weighted by atomic mass is 9.85. The van der Waals surface area contributed by atoms with Crippen molar-refractivity contribution in [3.63, 3.8) is 0 Å². The Morgan fingerprint density at radius 3 is 2.67 bits per heavy atom. The van der Waals surface area contributed by atoms with Crippen LogP contribution in [0, 0.1) is 5.92 Å². The zero-order valence-electron chi connectivity index (χ0n) is 15.2. The SMILES string of the molecule is COc1ccccc1NC(=O)[C@@H]1[C@H](C)Nc2ncnn2[C@H]1c1ccccc1. The number of hydrogen-bond donors (Lipinski definition) is 2. The van der Waals surface area contributed by atoms with Gasteiger partial charge in [0.05, 0.1) is 24.8 Å². The molecule has 138 valence electrons. The van der Waals surface area contributed by atoms with Gasteiger partial charge in [-0.1, -0.05) is 42.5 Å². The van der Waals surface area contributed by atoms with Gasteiger partial charge in [-0.25, -0.2) is 4.68 Å². The van der Waals surface area contributed by atoms with E-state index in [-0.39, 0.29) is 23.9 Å². The first kappa shape index (κ1) is 17.1. The van der Waals surface area contributed by atoms with Gasteiger partial charge in [0.1, 0.15) is 12.1 Å². The maximum absolute atomic E-state index is 13.3. The number of nitrogens with one attached hydrogen (secondary N) is 2. The maximum atomic E-state index is 13.3. The van der Waals surface area contributed by atoms with Gasteiger partial charge < -0.3 is 15.4 Å². The molecule has 0 saturated heterocycles. The summed E-state index contributed by atoms with van der Waals surface area (Å²) in [7, 11) is 1.59. The fourth-order valence-corrected chi connectivity index (χ4v) is 3.61. The molecule has 3 atom stereocenters. The van der Waals surface area contributed by atoms with Crippen molar-refractivity contribution in [2.75, 3.05) is 17.7 Å². The van der Waals surface area contributed by atoms with E-state index in [1.807, 2.05) is 61.5 Å². The normalized spacial score (nSPS) is 21.0. The van der Waals surface area contributed by atoms with Gasteiger partial charge in [-0.2, -0.15) is 10.1 Å². The Morgan fingerprint density at radius 2 is 1.89 bits per heavy atom. The third-order valence-electron chi connectivity index (χ3n) is 4.88. The number of carbonyl (C=O) groups excluding carboxylic acids is 1. The van der Waals surface area contributed by atoms with Crippen molar-refractivity contribution < 1.29 is 9.53 Å². The zero-order valence-corrected chi connectivity index (χ0v) is 15.2. The van der Waals surface area contributed by atoms with Gasteiger partial charge >= 0.3 is 0 Å². The van der Waals surface area contributed by atoms with E-state index < -0.39 is 0 Å². The van der Waals surface area contributed by atoms with E-state index in [0.29, 0.717) is 17.4 Å². The van der Waals surface area contributed by atoms with Crippen molar-refractivity contribution in [2.45, 2.75) is 19.0 Å². The molecule has 3 aromatic rings. The number of carbonyl (C=O) groups is 1. The van der Waals surface area contributed by atoms with E-state index in [2.05, 4.69) is 20.7 Å². The van der Waals surface area contributed by atoms with Gasteiger partial charge in [0.2, 0.25) is 11.9 Å². The summed E-state index contributed by atoms with van der Waals surface area (Å²) in [4.78, 5) is 17.6. The number of methoxy groups -OCH3 is 1. The predicted molar refractivity (Wildman–Crippen MR) is 103 cm³/mol. The van der Waals surface area contributed by atoms with Gasteiger partial charge in [0, 0.05) is 6.04 Å². The topological polar surface area (TPSA) is 81.1 Å². The zero-order chi connectivity index (χ0) is 18.8. The summed E-state index contributed by atoms with van der Waals surface area (Å²) in [6.45, 7) is 1.99. The lowest BCUT2D eigenvalue weighted by molar-refractivity contribution is -0.121. The number of amides is 1. The fraction of sp³-hybridized carbons (Fsp3) is 0.250. The molecule has 0 radical (unpaired) electrons. The Morgan fingerprint density at radius 1 is 1.15 bits per heavy atom. The predicted octanol–water partition coefficient (Wildman–Crippen LogP) is 2.95. The summed E-state index contributed by atoms with van der Waals surface area (Å²) in [5.41, 5.74) is 1.66. The quantitative estimate of drug-likeness (QED) is 0.745. The molecular weight excluding hydrogens is 342 g/mol. The Kier molecular flexibility index (Phi) is 4.50. The van der Waals surface area contributed by atoms with E-state index >= 15 is 0 Å². The molecule has 0 aliphatic carbocycles. The summed E-state index contributed by atoms with van der Waals surface area (Å²) < 4.78 is 7.14. The lowest BCUT2D eigenvalue weighted by Crippen LogP contribution is -2.46. The molecule has 1 aliphatic heterocycles. The van der Waals surface area contributed by atoms with Gasteiger partial charge in [-0.3, -0.25) is 4.79 Å². The highest BCUT2D eigenvalue weighted by Crippen LogP contribution is 2.36. The fourth-order valence-electron chi connectivity index (χ4n) is 3.61. The first-order chi connectivity index (χ1) is 13.2. The monoisotopic (exact) mass is 363 g/mol. The van der Waals surface area contributed by atoms with Crippen LogP contribution in [0.5, 0.6) is 5.75 Å². The summed E-state index contributed by atoms with van der Waals surface area (Å²) in [6, 6.07) is 16.9. The van der Waals surface area contributed by atoms with E-state index in [1.165, 1.54) is 6.33 Å². The third-order valence-corrected chi connectivity index (χ3v) is 4.88. The second kappa shape index (κ2) is 7.11. The summed E-state index contributed by atoms with van der Waals surface area (Å²) in [5, 5.41) is 10.7. The van der Waals surface area contributed by atoms with Crippen LogP contribution in [-0.2, 0) is 4.79 Å². The van der Waals surface area contributed by atoms with Gasteiger partial charge in [0.15, 0.2) is 0 Å². The van der Waals surface area contributed by atoms with Crippen LogP contribution in [0.25, 0.3) is 0 Å². The largest absolute Gasteiger partial charge is 0.495 e. The number of fused-ring (bicyclic) bond motifs is 1. The minimum Gasteiger partial charge on any atom is -0.495 e. The number of anilines is 2. The number of aromatic nitrogens is 3. The highest BCUT2D eigenvalue weighted by Gasteiger charge is 2.41. The molecule has 1 aliphatic rings. The van der Waals surface area contributed by atoms with Gasteiger partial charge in [-0.15, -0.1) is 0 Å². The summed E-state index contributed by atoms with van der Waals surface area (Å²) in [5.74, 6) is 0.804. The molecule has 4 rings (SSSR count). The van der Waals surface area contributed by atoms with E-state index in [0.717, 1.165) is 5.56 Å². The van der Waals surface area contributed by atoms with Crippen LogP contribution in [0.4, 0.5) is 11.6 Å². The molecule has 7 nitrogen and oxygen atoms in total. The van der Waals surface area contributed by atoms with Crippen molar-refractivity contribution in [1.82, 2.24) is 14.8 Å². The number of ether oxygens (including phenoxy) is 1. The summed E-state index contributed by atoms with van der Waals surface area (Å²) in [6.07, 6.45) is 1.51. The van der Waals surface area contributed by atoms with Crippen LogP contribution < -0.4 is 15.4 Å². The van der Waals surface area contributed by atoms with Crippen molar-refractivity contribution >= 4 is 17.5 Å². The molecule has 0 spiro atoms. The van der Waals surface area contributed by atoms with Crippen molar-refractivity contribution in [1.29, 1.82) is 0 Å². The van der Waals surface area contributed by atoms with Crippen LogP contribution in [0.3, 0.4) is 0 Å². The number of nitrogens with zero attached hydrogens (tertiary/aromatic N) is 3. The lowest BCUT2D eigenvalue weighted by Gasteiger charge is -2.36. The highest BCUT2D eigenvalue weighted by atomic mass is 16.5. The van der Waals surface area contributed by atoms with Crippen LogP contribution in [0.2, 0.25) is 0 Å². The molecule has 0 unspecified atom stereocenters. The Labute approximate surface area is 157 Å². The Balaban J connectivity index is 1.72. The number of para-hydroxylation sites is 2. The van der Waals surface area contributed by atoms with Crippen molar-refractivity contribution in [3.05, 3.63) is 66.5 Å². The molecule has 0 saturated carbocycles. The molecule has 2 N–H and O–H groups in total. The second-order valence-electron chi connectivity index (χ2n) is 6.53. The maximum Gasteiger partial charge on any atom is 0.232 e. The van der Waals surface area contributed by atoms with E-state index in [4.69, 9.17) is 4.74 Å². The molecule has 2 heterocycles. The molecule has 27 heavy (non-hydrogen) atoms. The van der Waals surface area contributed by atoms with Crippen molar-refractivity contribution in [3.8, 4) is 5.75 Å². The summed E-state index contributed by atoms with van der Waals surface area (Å²) >= 11 is 0. The average Bonchev–Trinajstić information content (AvgIpc) is 3.15. The molecular formula is C20H21N5O2. The van der Waals surface area contributed by atoms with Gasteiger partial charge in [-0.05, 0) is 24.6 Å². The molecule has 7 heteroatoms. The molecule has 1 aromatic heterocycles. The first-order valence-corrected chi connectivity index (χ1v) is 8.84. The van der Waals surface area contributed by atoms with Gasteiger partial charge in [0.25, 0.3) is 0 Å². The van der Waals surface area contributed by atoms with Crippen molar-refractivity contribution in [2.24, 2.45) is 5.92 Å². The van der Waals surface area contributed by atoms with E-state index in [1.54, 1.807) is 11.8 Å². The minimum atomic E-state index is -0.383. The highest BCUT2D eigenvalue weighted by molar-refractivity contribution is 5.95. The van der Waals surface area contributed by atoms with E-state index in [9.17, 15) is 4.79 Å². The van der Waals surface area contributed by atoms with Crippen LogP contribution >= 0.6 is 0 Å². The molecule has 0 bridgehead atoms. The minimum absolute atomic E-state index is 0.102. The van der Waals surface area contributed by atoms with Crippen LogP contribution in [-0.4, -0.2) is 33.8 Å². The third kappa shape index (κ3) is 3.12. The number of hydrogen-bond acceptors (Lipinski definition) is 5. The average molecular weight is 363 g/mol. The Bertz CT molecular complexity index is 940. The smallest absolute Gasteiger partial charge is 0.232 e. The number of rotatable bonds is 4. The molecule has 1 amide bonds. The molecule has 0 fully saturated rings. The first-order valence-electron chi connectivity index (χ1n) is 8.84. The second-order valence-corrected chi connectivity index (χ2v) is 6.53. The number of benzene rings is 2. The van der Waals surface area contributed by atoms with Crippen LogP contribution in [0.15, 0.2) is 60.9 Å².